The molecular formula is C11H13N3O. The van der Waals surface area contributed by atoms with Gasteiger partial charge in [0.1, 0.15) is 0 Å². The lowest BCUT2D eigenvalue weighted by Gasteiger charge is -2.12. The second kappa shape index (κ2) is 4.23. The van der Waals surface area contributed by atoms with Gasteiger partial charge in [-0.1, -0.05) is 6.92 Å². The number of aromatic amines is 1. The largest absolute Gasteiger partial charge is 0.392 e. The maximum absolute atomic E-state index is 9.20. The van der Waals surface area contributed by atoms with E-state index in [0.29, 0.717) is 0 Å². The zero-order valence-corrected chi connectivity index (χ0v) is 8.51. The number of H-pyrrole nitrogens is 1. The molecule has 4 nitrogen and oxygen atoms in total. The molecule has 0 aliphatic carbocycles. The lowest BCUT2D eigenvalue weighted by Crippen LogP contribution is -2.02. The van der Waals surface area contributed by atoms with Gasteiger partial charge in [-0.25, -0.2) is 4.98 Å². The van der Waals surface area contributed by atoms with Crippen LogP contribution in [0.2, 0.25) is 0 Å². The normalized spacial score (nSPS) is 12.7. The van der Waals surface area contributed by atoms with Gasteiger partial charge in [0.05, 0.1) is 12.9 Å². The van der Waals surface area contributed by atoms with Gasteiger partial charge in [0.25, 0.3) is 0 Å². The molecule has 2 aromatic heterocycles. The molecule has 0 aliphatic heterocycles. The molecule has 15 heavy (non-hydrogen) atoms. The minimum Gasteiger partial charge on any atom is -0.392 e. The molecule has 0 bridgehead atoms. The molecular weight excluding hydrogens is 190 g/mol. The first kappa shape index (κ1) is 9.86. The van der Waals surface area contributed by atoms with E-state index in [0.717, 1.165) is 16.8 Å². The lowest BCUT2D eigenvalue weighted by molar-refractivity contribution is 0.280. The first-order valence-electron chi connectivity index (χ1n) is 4.85. The second-order valence-electron chi connectivity index (χ2n) is 3.46. The quantitative estimate of drug-likeness (QED) is 0.793. The summed E-state index contributed by atoms with van der Waals surface area (Å²) in [7, 11) is 0. The Morgan fingerprint density at radius 1 is 1.40 bits per heavy atom. The van der Waals surface area contributed by atoms with Gasteiger partial charge >= 0.3 is 0 Å². The van der Waals surface area contributed by atoms with Crippen molar-refractivity contribution in [2.24, 2.45) is 0 Å². The Hall–Kier alpha value is -1.68. The average molecular weight is 203 g/mol. The summed E-state index contributed by atoms with van der Waals surface area (Å²) in [6, 6.07) is 1.93. The number of rotatable bonds is 3. The predicted molar refractivity (Wildman–Crippen MR) is 56.3 cm³/mol. The van der Waals surface area contributed by atoms with Gasteiger partial charge in [-0.2, -0.15) is 0 Å². The van der Waals surface area contributed by atoms with Crippen molar-refractivity contribution >= 4 is 0 Å². The molecule has 0 unspecified atom stereocenters. The summed E-state index contributed by atoms with van der Waals surface area (Å²) in [5.41, 5.74) is 2.98. The average Bonchev–Trinajstić information content (AvgIpc) is 2.81. The minimum atomic E-state index is 0.0155. The predicted octanol–water partition coefficient (Wildman–Crippen LogP) is 1.45. The van der Waals surface area contributed by atoms with Crippen molar-refractivity contribution in [3.8, 4) is 0 Å². The van der Waals surface area contributed by atoms with Gasteiger partial charge in [-0.3, -0.25) is 4.98 Å². The fraction of sp³-hybridized carbons (Fsp3) is 0.273. The molecule has 2 aromatic rings. The number of hydrogen-bond acceptors (Lipinski definition) is 3. The van der Waals surface area contributed by atoms with Crippen LogP contribution in [0.4, 0.5) is 0 Å². The first-order valence-corrected chi connectivity index (χ1v) is 4.85. The van der Waals surface area contributed by atoms with Gasteiger partial charge in [0, 0.05) is 30.2 Å². The lowest BCUT2D eigenvalue weighted by atomic mass is 9.95. The third-order valence-corrected chi connectivity index (χ3v) is 2.56. The Balaban J connectivity index is 2.37. The molecule has 0 saturated heterocycles. The van der Waals surface area contributed by atoms with Crippen LogP contribution in [0.15, 0.2) is 31.0 Å². The number of aromatic nitrogens is 3. The van der Waals surface area contributed by atoms with Crippen molar-refractivity contribution in [2.75, 3.05) is 0 Å². The van der Waals surface area contributed by atoms with Crippen molar-refractivity contribution in [1.82, 2.24) is 15.0 Å². The van der Waals surface area contributed by atoms with Crippen molar-refractivity contribution in [3.63, 3.8) is 0 Å². The van der Waals surface area contributed by atoms with Crippen molar-refractivity contribution in [1.29, 1.82) is 0 Å². The van der Waals surface area contributed by atoms with Crippen LogP contribution >= 0.6 is 0 Å². The smallest absolute Gasteiger partial charge is 0.0921 e. The van der Waals surface area contributed by atoms with Crippen LogP contribution in [0.25, 0.3) is 0 Å². The van der Waals surface area contributed by atoms with Crippen LogP contribution in [0, 0.1) is 0 Å². The van der Waals surface area contributed by atoms with E-state index >= 15 is 0 Å². The number of imidazole rings is 1. The van der Waals surface area contributed by atoms with Crippen LogP contribution in [0.3, 0.4) is 0 Å². The minimum absolute atomic E-state index is 0.0155. The molecule has 0 aliphatic rings. The van der Waals surface area contributed by atoms with Crippen LogP contribution in [0.1, 0.15) is 29.7 Å². The van der Waals surface area contributed by atoms with Gasteiger partial charge in [-0.15, -0.1) is 0 Å². The highest BCUT2D eigenvalue weighted by Gasteiger charge is 2.12. The molecule has 0 saturated carbocycles. The van der Waals surface area contributed by atoms with E-state index in [1.54, 1.807) is 24.9 Å². The fourth-order valence-electron chi connectivity index (χ4n) is 1.66. The van der Waals surface area contributed by atoms with Gasteiger partial charge in [0.15, 0.2) is 0 Å². The molecule has 2 N–H and O–H groups in total. The van der Waals surface area contributed by atoms with Gasteiger partial charge < -0.3 is 10.1 Å². The molecule has 1 atom stereocenters. The zero-order chi connectivity index (χ0) is 10.7. The highest BCUT2D eigenvalue weighted by Crippen LogP contribution is 2.24. The maximum Gasteiger partial charge on any atom is 0.0921 e. The molecule has 0 spiro atoms. The highest BCUT2D eigenvalue weighted by atomic mass is 16.3. The number of nitrogens with one attached hydrogen (secondary N) is 1. The van der Waals surface area contributed by atoms with Gasteiger partial charge in [0.2, 0.25) is 0 Å². The summed E-state index contributed by atoms with van der Waals surface area (Å²) in [5.74, 6) is 0.192. The van der Waals surface area contributed by atoms with E-state index in [4.69, 9.17) is 0 Å². The fourth-order valence-corrected chi connectivity index (χ4v) is 1.66. The summed E-state index contributed by atoms with van der Waals surface area (Å²) >= 11 is 0. The zero-order valence-electron chi connectivity index (χ0n) is 8.51. The number of aliphatic hydroxyl groups is 1. The molecule has 4 heteroatoms. The number of nitrogens with zero attached hydrogens (tertiary/aromatic N) is 2. The highest BCUT2D eigenvalue weighted by molar-refractivity contribution is 5.31. The Labute approximate surface area is 88.0 Å². The topological polar surface area (TPSA) is 61.8 Å². The van der Waals surface area contributed by atoms with E-state index in [-0.39, 0.29) is 12.5 Å². The monoisotopic (exact) mass is 203 g/mol. The van der Waals surface area contributed by atoms with E-state index < -0.39 is 0 Å². The Kier molecular flexibility index (Phi) is 2.78. The Morgan fingerprint density at radius 3 is 2.93 bits per heavy atom. The van der Waals surface area contributed by atoms with Gasteiger partial charge in [-0.05, 0) is 17.2 Å². The second-order valence-corrected chi connectivity index (χ2v) is 3.46. The van der Waals surface area contributed by atoms with E-state index in [9.17, 15) is 5.11 Å². The van der Waals surface area contributed by atoms with E-state index in [2.05, 4.69) is 21.9 Å². The number of pyridine rings is 1. The standard InChI is InChI=1S/C11H13N3O/c1-8(11-5-13-7-14-11)10-2-3-12-4-9(10)6-15/h2-5,7-8,15H,6H2,1H3,(H,13,14)/t8-/m1/s1. The molecule has 0 amide bonds. The molecule has 0 aromatic carbocycles. The van der Waals surface area contributed by atoms with Crippen molar-refractivity contribution < 1.29 is 5.11 Å². The van der Waals surface area contributed by atoms with E-state index in [1.165, 1.54) is 0 Å². The van der Waals surface area contributed by atoms with Crippen LogP contribution in [0.5, 0.6) is 0 Å². The summed E-state index contributed by atoms with van der Waals surface area (Å²) in [5, 5.41) is 9.20. The number of hydrogen-bond donors (Lipinski definition) is 2. The number of aliphatic hydroxyl groups excluding tert-OH is 1. The Bertz CT molecular complexity index is 425. The molecule has 0 radical (unpaired) electrons. The molecule has 2 rings (SSSR count). The SMILES string of the molecule is C[C@@H](c1cnc[nH]1)c1ccncc1CO. The summed E-state index contributed by atoms with van der Waals surface area (Å²) in [4.78, 5) is 11.1. The Morgan fingerprint density at radius 2 is 2.27 bits per heavy atom. The van der Waals surface area contributed by atoms with Crippen LogP contribution < -0.4 is 0 Å². The first-order chi connectivity index (χ1) is 7.33. The summed E-state index contributed by atoms with van der Waals surface area (Å²) in [6.45, 7) is 2.09. The molecule has 2 heterocycles. The summed E-state index contributed by atoms with van der Waals surface area (Å²) in [6.07, 6.45) is 6.89. The third-order valence-electron chi connectivity index (χ3n) is 2.56. The van der Waals surface area contributed by atoms with E-state index in [1.807, 2.05) is 6.07 Å². The van der Waals surface area contributed by atoms with Crippen molar-refractivity contribution in [2.45, 2.75) is 19.4 Å². The third kappa shape index (κ3) is 1.89. The molecule has 78 valence electrons. The van der Waals surface area contributed by atoms with Crippen LogP contribution in [-0.2, 0) is 6.61 Å². The molecule has 0 fully saturated rings. The maximum atomic E-state index is 9.20. The summed E-state index contributed by atoms with van der Waals surface area (Å²) < 4.78 is 0. The van der Waals surface area contributed by atoms with Crippen LogP contribution in [-0.4, -0.2) is 20.1 Å². The van der Waals surface area contributed by atoms with Crippen molar-refractivity contribution in [3.05, 3.63) is 47.8 Å².